The van der Waals surface area contributed by atoms with Gasteiger partial charge in [-0.2, -0.15) is 0 Å². The van der Waals surface area contributed by atoms with Crippen LogP contribution in [-0.4, -0.2) is 16.5 Å². The molecule has 2 aromatic heterocycles. The molecule has 3 aromatic rings. The molecule has 0 unspecified atom stereocenters. The number of benzene rings is 1. The quantitative estimate of drug-likeness (QED) is 0.706. The summed E-state index contributed by atoms with van der Waals surface area (Å²) in [6.45, 7) is 1.99. The maximum Gasteiger partial charge on any atom is 0.194 e. The molecule has 0 N–H and O–H groups in total. The zero-order valence-electron chi connectivity index (χ0n) is 9.98. The lowest BCUT2D eigenvalue weighted by Gasteiger charge is -2.06. The number of hydrogen-bond donors (Lipinski definition) is 0. The van der Waals surface area contributed by atoms with Crippen molar-refractivity contribution in [1.82, 2.24) is 9.38 Å². The molecule has 0 fully saturated rings. The third-order valence-corrected chi connectivity index (χ3v) is 3.80. The second kappa shape index (κ2) is 4.10. The fourth-order valence-corrected chi connectivity index (χ4v) is 2.79. The lowest BCUT2D eigenvalue weighted by atomic mass is 10.1. The summed E-state index contributed by atoms with van der Waals surface area (Å²) >= 11 is 1.54. The zero-order valence-corrected chi connectivity index (χ0v) is 10.8. The van der Waals surface area contributed by atoms with Gasteiger partial charge < -0.3 is 4.74 Å². The Hall–Kier alpha value is -1.88. The van der Waals surface area contributed by atoms with E-state index < -0.39 is 0 Å². The van der Waals surface area contributed by atoms with Crippen LogP contribution in [0.15, 0.2) is 29.8 Å². The largest absolute Gasteiger partial charge is 0.496 e. The standard InChI is InChI=1S/C13H11FN2OS/c1-8-7-18-13-15-10(6-16(8)13)12-9(14)4-3-5-11(12)17-2/h3-7H,1-2H3. The molecule has 92 valence electrons. The molecule has 0 aliphatic rings. The molecular formula is C13H11FN2OS. The molecule has 0 spiro atoms. The van der Waals surface area contributed by atoms with Gasteiger partial charge >= 0.3 is 0 Å². The van der Waals surface area contributed by atoms with Crippen LogP contribution in [0.3, 0.4) is 0 Å². The van der Waals surface area contributed by atoms with Gasteiger partial charge in [0.25, 0.3) is 0 Å². The highest BCUT2D eigenvalue weighted by Gasteiger charge is 2.15. The highest BCUT2D eigenvalue weighted by atomic mass is 32.1. The van der Waals surface area contributed by atoms with Gasteiger partial charge in [-0.25, -0.2) is 9.37 Å². The number of hydrogen-bond acceptors (Lipinski definition) is 3. The van der Waals surface area contributed by atoms with E-state index in [1.54, 1.807) is 12.1 Å². The van der Waals surface area contributed by atoms with E-state index in [4.69, 9.17) is 4.74 Å². The second-order valence-electron chi connectivity index (χ2n) is 3.97. The van der Waals surface area contributed by atoms with Crippen LogP contribution in [0.5, 0.6) is 5.75 Å². The number of ether oxygens (including phenoxy) is 1. The van der Waals surface area contributed by atoms with E-state index in [0.29, 0.717) is 17.0 Å². The van der Waals surface area contributed by atoms with Gasteiger partial charge in [-0.05, 0) is 19.1 Å². The molecule has 0 amide bonds. The number of rotatable bonds is 2. The van der Waals surface area contributed by atoms with Gasteiger partial charge in [0.05, 0.1) is 18.4 Å². The molecule has 0 saturated carbocycles. The molecule has 0 aliphatic carbocycles. The van der Waals surface area contributed by atoms with Crippen LogP contribution in [0.4, 0.5) is 4.39 Å². The smallest absolute Gasteiger partial charge is 0.194 e. The summed E-state index contributed by atoms with van der Waals surface area (Å²) in [5.41, 5.74) is 2.10. The molecule has 0 aliphatic heterocycles. The first-order valence-corrected chi connectivity index (χ1v) is 6.34. The van der Waals surface area contributed by atoms with Crippen molar-refractivity contribution in [1.29, 1.82) is 0 Å². The Bertz CT molecular complexity index is 717. The van der Waals surface area contributed by atoms with Crippen molar-refractivity contribution in [3.05, 3.63) is 41.3 Å². The van der Waals surface area contributed by atoms with Gasteiger partial charge in [0, 0.05) is 17.3 Å². The first-order valence-electron chi connectivity index (χ1n) is 5.47. The van der Waals surface area contributed by atoms with Crippen molar-refractivity contribution in [3.63, 3.8) is 0 Å². The number of aryl methyl sites for hydroxylation is 1. The number of halogens is 1. The summed E-state index contributed by atoms with van der Waals surface area (Å²) < 4.78 is 21.1. The number of aromatic nitrogens is 2. The van der Waals surface area contributed by atoms with E-state index in [9.17, 15) is 4.39 Å². The maximum absolute atomic E-state index is 13.9. The van der Waals surface area contributed by atoms with Gasteiger partial charge in [-0.1, -0.05) is 6.07 Å². The Morgan fingerprint density at radius 1 is 1.39 bits per heavy atom. The minimum absolute atomic E-state index is 0.322. The topological polar surface area (TPSA) is 26.5 Å². The summed E-state index contributed by atoms with van der Waals surface area (Å²) in [7, 11) is 1.53. The molecule has 0 atom stereocenters. The third-order valence-electron chi connectivity index (χ3n) is 2.84. The van der Waals surface area contributed by atoms with Gasteiger partial charge in [-0.3, -0.25) is 4.40 Å². The van der Waals surface area contributed by atoms with Crippen LogP contribution in [0, 0.1) is 12.7 Å². The molecule has 3 rings (SSSR count). The average Bonchev–Trinajstić information content (AvgIpc) is 2.91. The fourth-order valence-electron chi connectivity index (χ4n) is 1.94. The number of nitrogens with zero attached hydrogens (tertiary/aromatic N) is 2. The van der Waals surface area contributed by atoms with Crippen LogP contribution in [0.25, 0.3) is 16.2 Å². The van der Waals surface area contributed by atoms with Crippen LogP contribution < -0.4 is 4.74 Å². The molecule has 0 saturated heterocycles. The van der Waals surface area contributed by atoms with Gasteiger partial charge in [0.1, 0.15) is 11.6 Å². The van der Waals surface area contributed by atoms with E-state index in [0.717, 1.165) is 10.7 Å². The van der Waals surface area contributed by atoms with Crippen molar-refractivity contribution in [2.45, 2.75) is 6.92 Å². The normalized spacial score (nSPS) is 11.1. The number of fused-ring (bicyclic) bond motifs is 1. The summed E-state index contributed by atoms with van der Waals surface area (Å²) in [4.78, 5) is 5.29. The lowest BCUT2D eigenvalue weighted by molar-refractivity contribution is 0.413. The average molecular weight is 262 g/mol. The van der Waals surface area contributed by atoms with Gasteiger partial charge in [0.15, 0.2) is 4.96 Å². The first kappa shape index (κ1) is 11.2. The monoisotopic (exact) mass is 262 g/mol. The number of methoxy groups -OCH3 is 1. The number of imidazole rings is 1. The van der Waals surface area contributed by atoms with Crippen molar-refractivity contribution in [2.75, 3.05) is 7.11 Å². The highest BCUT2D eigenvalue weighted by molar-refractivity contribution is 7.15. The molecule has 1 aromatic carbocycles. The van der Waals surface area contributed by atoms with Crippen LogP contribution in [0.1, 0.15) is 5.69 Å². The number of thiazole rings is 1. The van der Waals surface area contributed by atoms with E-state index >= 15 is 0 Å². The Kier molecular flexibility index (Phi) is 2.56. The molecule has 18 heavy (non-hydrogen) atoms. The second-order valence-corrected chi connectivity index (χ2v) is 4.81. The minimum Gasteiger partial charge on any atom is -0.496 e. The van der Waals surface area contributed by atoms with Crippen LogP contribution in [0.2, 0.25) is 0 Å². The van der Waals surface area contributed by atoms with Crippen molar-refractivity contribution in [2.24, 2.45) is 0 Å². The van der Waals surface area contributed by atoms with Crippen LogP contribution in [-0.2, 0) is 0 Å². The van der Waals surface area contributed by atoms with Gasteiger partial charge in [0.2, 0.25) is 0 Å². The summed E-state index contributed by atoms with van der Waals surface area (Å²) in [6.07, 6.45) is 1.84. The van der Waals surface area contributed by atoms with E-state index in [2.05, 4.69) is 4.98 Å². The summed E-state index contributed by atoms with van der Waals surface area (Å²) in [6, 6.07) is 4.78. The summed E-state index contributed by atoms with van der Waals surface area (Å²) in [5, 5.41) is 2.02. The van der Waals surface area contributed by atoms with Crippen molar-refractivity contribution in [3.8, 4) is 17.0 Å². The first-order chi connectivity index (χ1) is 8.70. The Labute approximate surface area is 107 Å². The zero-order chi connectivity index (χ0) is 12.7. The Morgan fingerprint density at radius 2 is 2.22 bits per heavy atom. The lowest BCUT2D eigenvalue weighted by Crippen LogP contribution is -1.91. The molecule has 5 heteroatoms. The molecular weight excluding hydrogens is 251 g/mol. The van der Waals surface area contributed by atoms with Crippen LogP contribution >= 0.6 is 11.3 Å². The molecule has 3 nitrogen and oxygen atoms in total. The van der Waals surface area contributed by atoms with E-state index in [-0.39, 0.29) is 5.82 Å². The van der Waals surface area contributed by atoms with Crippen molar-refractivity contribution < 1.29 is 9.13 Å². The van der Waals surface area contributed by atoms with E-state index in [1.165, 1.54) is 24.5 Å². The van der Waals surface area contributed by atoms with Crippen molar-refractivity contribution >= 4 is 16.3 Å². The molecule has 0 radical (unpaired) electrons. The summed E-state index contributed by atoms with van der Waals surface area (Å²) in [5.74, 6) is 0.177. The SMILES string of the molecule is COc1cccc(F)c1-c1cn2c(C)csc2n1. The molecule has 0 bridgehead atoms. The highest BCUT2D eigenvalue weighted by Crippen LogP contribution is 2.32. The minimum atomic E-state index is -0.322. The predicted octanol–water partition coefficient (Wildman–Crippen LogP) is 3.52. The Balaban J connectivity index is 2.25. The Morgan fingerprint density at radius 3 is 2.94 bits per heavy atom. The predicted molar refractivity (Wildman–Crippen MR) is 69.8 cm³/mol. The molecule has 2 heterocycles. The fraction of sp³-hybridized carbons (Fsp3) is 0.154. The van der Waals surface area contributed by atoms with E-state index in [1.807, 2.05) is 22.9 Å². The van der Waals surface area contributed by atoms with Gasteiger partial charge in [-0.15, -0.1) is 11.3 Å². The third kappa shape index (κ3) is 1.59. The maximum atomic E-state index is 13.9.